The second-order valence-electron chi connectivity index (χ2n) is 5.11. The van der Waals surface area contributed by atoms with Gasteiger partial charge in [-0.1, -0.05) is 18.2 Å². The molecule has 24 heavy (non-hydrogen) atoms. The summed E-state index contributed by atoms with van der Waals surface area (Å²) in [7, 11) is 2.64. The lowest BCUT2D eigenvalue weighted by atomic mass is 9.89. The van der Waals surface area contributed by atoms with Crippen molar-refractivity contribution in [2.24, 2.45) is 0 Å². The van der Waals surface area contributed by atoms with Crippen LogP contribution in [0.1, 0.15) is 25.3 Å². The Morgan fingerprint density at radius 1 is 1.21 bits per heavy atom. The van der Waals surface area contributed by atoms with Gasteiger partial charge in [-0.3, -0.25) is 10.1 Å². The van der Waals surface area contributed by atoms with Crippen LogP contribution in [-0.2, 0) is 9.47 Å². The molecule has 0 radical (unpaired) electrons. The summed E-state index contributed by atoms with van der Waals surface area (Å²) < 4.78 is 15.1. The quantitative estimate of drug-likeness (QED) is 0.513. The normalized spacial score (nSPS) is 17.2. The minimum atomic E-state index is -0.951. The van der Waals surface area contributed by atoms with Crippen molar-refractivity contribution >= 4 is 6.16 Å². The SMILES string of the molecule is COC(=O)OC1=C(C)NC(C)=C([N+](=O)[O-])C1c1ccccc1OC. The van der Waals surface area contributed by atoms with Crippen molar-refractivity contribution in [3.8, 4) is 5.75 Å². The molecule has 1 N–H and O–H groups in total. The molecule has 128 valence electrons. The molecule has 1 aromatic carbocycles. The summed E-state index contributed by atoms with van der Waals surface area (Å²) in [6.45, 7) is 3.26. The number of allylic oxidation sites excluding steroid dienone is 2. The first-order chi connectivity index (χ1) is 11.4. The van der Waals surface area contributed by atoms with E-state index in [1.807, 2.05) is 0 Å². The topological polar surface area (TPSA) is 99.9 Å². The number of carbonyl (C=O) groups excluding carboxylic acids is 1. The number of nitrogens with zero attached hydrogens (tertiary/aromatic N) is 1. The van der Waals surface area contributed by atoms with Crippen LogP contribution in [0.25, 0.3) is 0 Å². The van der Waals surface area contributed by atoms with Crippen LogP contribution in [0.3, 0.4) is 0 Å². The molecule has 0 spiro atoms. The second kappa shape index (κ2) is 7.03. The minimum absolute atomic E-state index is 0.101. The fraction of sp³-hybridized carbons (Fsp3) is 0.312. The Bertz CT molecular complexity index is 738. The largest absolute Gasteiger partial charge is 0.513 e. The highest BCUT2D eigenvalue weighted by Gasteiger charge is 2.41. The van der Waals surface area contributed by atoms with E-state index in [4.69, 9.17) is 9.47 Å². The molecular formula is C16H18N2O6. The van der Waals surface area contributed by atoms with Crippen molar-refractivity contribution < 1.29 is 23.9 Å². The fourth-order valence-corrected chi connectivity index (χ4v) is 2.67. The molecule has 1 aromatic rings. The summed E-state index contributed by atoms with van der Waals surface area (Å²) in [5, 5.41) is 14.5. The molecule has 0 aromatic heterocycles. The second-order valence-corrected chi connectivity index (χ2v) is 5.11. The van der Waals surface area contributed by atoms with Crippen LogP contribution in [0, 0.1) is 10.1 Å². The van der Waals surface area contributed by atoms with Crippen LogP contribution in [0.15, 0.2) is 47.1 Å². The molecule has 0 amide bonds. The van der Waals surface area contributed by atoms with Gasteiger partial charge in [0.15, 0.2) is 0 Å². The van der Waals surface area contributed by atoms with Gasteiger partial charge in [0.1, 0.15) is 17.4 Å². The molecular weight excluding hydrogens is 316 g/mol. The number of rotatable bonds is 4. The van der Waals surface area contributed by atoms with Crippen molar-refractivity contribution in [1.82, 2.24) is 5.32 Å². The van der Waals surface area contributed by atoms with E-state index in [1.165, 1.54) is 14.2 Å². The Hall–Kier alpha value is -3.03. The number of hydrogen-bond acceptors (Lipinski definition) is 7. The van der Waals surface area contributed by atoms with Crippen molar-refractivity contribution in [3.63, 3.8) is 0 Å². The molecule has 1 heterocycles. The third-order valence-corrected chi connectivity index (χ3v) is 3.67. The van der Waals surface area contributed by atoms with Gasteiger partial charge in [0.05, 0.1) is 30.5 Å². The molecule has 1 aliphatic heterocycles. The van der Waals surface area contributed by atoms with Gasteiger partial charge in [-0.05, 0) is 19.9 Å². The molecule has 0 saturated heterocycles. The van der Waals surface area contributed by atoms with Crippen molar-refractivity contribution in [1.29, 1.82) is 0 Å². The maximum Gasteiger partial charge on any atom is 0.513 e. The fourth-order valence-electron chi connectivity index (χ4n) is 2.67. The van der Waals surface area contributed by atoms with E-state index in [0.29, 0.717) is 22.7 Å². The number of dihydropyridines is 1. The van der Waals surface area contributed by atoms with Gasteiger partial charge in [0, 0.05) is 5.56 Å². The molecule has 0 fully saturated rings. The summed E-state index contributed by atoms with van der Waals surface area (Å²) in [6.07, 6.45) is -0.951. The number of benzene rings is 1. The predicted octanol–water partition coefficient (Wildman–Crippen LogP) is 2.90. The number of ether oxygens (including phenoxy) is 3. The van der Waals surface area contributed by atoms with E-state index in [1.54, 1.807) is 38.1 Å². The summed E-state index contributed by atoms with van der Waals surface area (Å²) >= 11 is 0. The van der Waals surface area contributed by atoms with E-state index in [0.717, 1.165) is 0 Å². The zero-order chi connectivity index (χ0) is 17.9. The first kappa shape index (κ1) is 17.3. The Balaban J connectivity index is 2.66. The van der Waals surface area contributed by atoms with Crippen molar-refractivity contribution in [2.45, 2.75) is 19.8 Å². The average Bonchev–Trinajstić information content (AvgIpc) is 2.56. The lowest BCUT2D eigenvalue weighted by Crippen LogP contribution is -2.30. The minimum Gasteiger partial charge on any atom is -0.496 e. The first-order valence-corrected chi connectivity index (χ1v) is 7.12. The zero-order valence-electron chi connectivity index (χ0n) is 13.8. The zero-order valence-corrected chi connectivity index (χ0v) is 13.8. The lowest BCUT2D eigenvalue weighted by molar-refractivity contribution is -0.431. The van der Waals surface area contributed by atoms with Crippen molar-refractivity contribution in [3.05, 3.63) is 62.8 Å². The van der Waals surface area contributed by atoms with E-state index in [-0.39, 0.29) is 11.5 Å². The van der Waals surface area contributed by atoms with Gasteiger partial charge in [-0.15, -0.1) is 0 Å². The van der Waals surface area contributed by atoms with E-state index < -0.39 is 17.0 Å². The number of nitrogens with one attached hydrogen (secondary N) is 1. The highest BCUT2D eigenvalue weighted by atomic mass is 16.7. The number of methoxy groups -OCH3 is 2. The first-order valence-electron chi connectivity index (χ1n) is 7.12. The molecule has 0 bridgehead atoms. The highest BCUT2D eigenvalue weighted by Crippen LogP contribution is 2.42. The van der Waals surface area contributed by atoms with Gasteiger partial charge in [0.25, 0.3) is 5.70 Å². The van der Waals surface area contributed by atoms with E-state index >= 15 is 0 Å². The number of carbonyl (C=O) groups is 1. The van der Waals surface area contributed by atoms with Crippen LogP contribution in [0.4, 0.5) is 4.79 Å². The van der Waals surface area contributed by atoms with Crippen LogP contribution in [0.5, 0.6) is 5.75 Å². The number of nitro groups is 1. The van der Waals surface area contributed by atoms with E-state index in [2.05, 4.69) is 10.1 Å². The molecule has 8 heteroatoms. The molecule has 2 rings (SSSR count). The molecule has 0 saturated carbocycles. The Kier molecular flexibility index (Phi) is 5.08. The smallest absolute Gasteiger partial charge is 0.496 e. The third kappa shape index (κ3) is 3.17. The van der Waals surface area contributed by atoms with Gasteiger partial charge < -0.3 is 19.5 Å². The maximum atomic E-state index is 11.6. The van der Waals surface area contributed by atoms with Crippen LogP contribution in [0.2, 0.25) is 0 Å². The molecule has 1 aliphatic rings. The summed E-state index contributed by atoms with van der Waals surface area (Å²) in [5.74, 6) is -0.351. The predicted molar refractivity (Wildman–Crippen MR) is 84.8 cm³/mol. The standard InChI is InChI=1S/C16H18N2O6/c1-9-14(18(20)21)13(11-7-5-6-8-12(11)22-3)15(10(2)17-9)24-16(19)23-4/h5-8,13,17H,1-4H3. The lowest BCUT2D eigenvalue weighted by Gasteiger charge is -2.27. The number of hydrogen-bond donors (Lipinski definition) is 1. The highest BCUT2D eigenvalue weighted by molar-refractivity contribution is 5.63. The summed E-state index contributed by atoms with van der Waals surface area (Å²) in [4.78, 5) is 22.7. The van der Waals surface area contributed by atoms with Gasteiger partial charge >= 0.3 is 6.16 Å². The Morgan fingerprint density at radius 3 is 2.46 bits per heavy atom. The monoisotopic (exact) mass is 334 g/mol. The number of para-hydroxylation sites is 1. The van der Waals surface area contributed by atoms with Gasteiger partial charge in [0.2, 0.25) is 0 Å². The van der Waals surface area contributed by atoms with Crippen LogP contribution < -0.4 is 10.1 Å². The molecule has 1 unspecified atom stereocenters. The molecule has 1 atom stereocenters. The average molecular weight is 334 g/mol. The van der Waals surface area contributed by atoms with Crippen molar-refractivity contribution in [2.75, 3.05) is 14.2 Å². The van der Waals surface area contributed by atoms with E-state index in [9.17, 15) is 14.9 Å². The Morgan fingerprint density at radius 2 is 1.88 bits per heavy atom. The van der Waals surface area contributed by atoms with Crippen LogP contribution in [-0.4, -0.2) is 25.3 Å². The third-order valence-electron chi connectivity index (χ3n) is 3.67. The van der Waals surface area contributed by atoms with Gasteiger partial charge in [-0.2, -0.15) is 0 Å². The summed E-state index contributed by atoms with van der Waals surface area (Å²) in [5.41, 5.74) is 1.25. The summed E-state index contributed by atoms with van der Waals surface area (Å²) in [6, 6.07) is 6.87. The maximum absolute atomic E-state index is 11.6. The Labute approximate surface area is 138 Å². The van der Waals surface area contributed by atoms with Crippen LogP contribution >= 0.6 is 0 Å². The molecule has 0 aliphatic carbocycles. The van der Waals surface area contributed by atoms with Gasteiger partial charge in [-0.25, -0.2) is 4.79 Å². The molecule has 8 nitrogen and oxygen atoms in total.